The molecule has 0 aliphatic carbocycles. The Bertz CT molecular complexity index is 374. The summed E-state index contributed by atoms with van der Waals surface area (Å²) in [5.41, 5.74) is -1.85. The van der Waals surface area contributed by atoms with Gasteiger partial charge in [0, 0.05) is 15.3 Å². The first-order valence-electron chi connectivity index (χ1n) is 3.75. The lowest BCUT2D eigenvalue weighted by molar-refractivity contribution is -0.141. The van der Waals surface area contributed by atoms with Gasteiger partial charge in [0.2, 0.25) is 0 Å². The molecule has 0 unspecified atom stereocenters. The van der Waals surface area contributed by atoms with Gasteiger partial charge in [-0.25, -0.2) is 8.78 Å². The summed E-state index contributed by atoms with van der Waals surface area (Å²) in [6.07, 6.45) is -6.85. The molecule has 0 aliphatic rings. The van der Waals surface area contributed by atoms with Crippen LogP contribution < -0.4 is 0 Å². The highest BCUT2D eigenvalue weighted by Crippen LogP contribution is 2.34. The number of hydrogen-bond donors (Lipinski definition) is 0. The summed E-state index contributed by atoms with van der Waals surface area (Å²) < 4.78 is 61.5. The van der Waals surface area contributed by atoms with Gasteiger partial charge >= 0.3 is 6.18 Å². The molecule has 0 spiro atoms. The Morgan fingerprint density at radius 3 is 2.27 bits per heavy atom. The maximum atomic E-state index is 12.3. The zero-order valence-corrected chi connectivity index (χ0v) is 9.53. The van der Waals surface area contributed by atoms with E-state index in [1.165, 1.54) is 22.6 Å². The number of alkyl halides is 5. The molecule has 0 atom stereocenters. The smallest absolute Gasteiger partial charge is 0.251 e. The van der Waals surface area contributed by atoms with Crippen molar-refractivity contribution in [2.45, 2.75) is 19.5 Å². The molecule has 0 radical (unpaired) electrons. The van der Waals surface area contributed by atoms with E-state index in [-0.39, 0.29) is 9.13 Å². The number of hydrogen-bond acceptors (Lipinski definition) is 1. The van der Waals surface area contributed by atoms with E-state index in [1.807, 2.05) is 0 Å². The molecule has 0 amide bonds. The first-order chi connectivity index (χ1) is 6.75. The third kappa shape index (κ3) is 2.56. The van der Waals surface area contributed by atoms with Gasteiger partial charge in [-0.1, -0.05) is 0 Å². The Morgan fingerprint density at radius 1 is 1.33 bits per heavy atom. The molecule has 1 aromatic rings. The van der Waals surface area contributed by atoms with Crippen LogP contribution in [0.15, 0.2) is 6.20 Å². The van der Waals surface area contributed by atoms with E-state index < -0.39 is 23.9 Å². The van der Waals surface area contributed by atoms with Crippen LogP contribution in [0.5, 0.6) is 0 Å². The molecule has 0 saturated carbocycles. The summed E-state index contributed by atoms with van der Waals surface area (Å²) in [6.45, 7) is 1.13. The van der Waals surface area contributed by atoms with Gasteiger partial charge in [-0.2, -0.15) is 13.2 Å². The van der Waals surface area contributed by atoms with Crippen molar-refractivity contribution in [2.75, 3.05) is 0 Å². The van der Waals surface area contributed by atoms with E-state index in [4.69, 9.17) is 0 Å². The highest BCUT2D eigenvalue weighted by molar-refractivity contribution is 14.1. The lowest BCUT2D eigenvalue weighted by Gasteiger charge is -2.12. The molecule has 0 N–H and O–H groups in total. The maximum Gasteiger partial charge on any atom is 0.433 e. The van der Waals surface area contributed by atoms with E-state index in [1.54, 1.807) is 0 Å². The second-order valence-electron chi connectivity index (χ2n) is 2.80. The molecule has 1 aromatic heterocycles. The first kappa shape index (κ1) is 12.6. The summed E-state index contributed by atoms with van der Waals surface area (Å²) >= 11 is 1.47. The van der Waals surface area contributed by atoms with Crippen molar-refractivity contribution >= 4 is 22.6 Å². The molecule has 15 heavy (non-hydrogen) atoms. The minimum absolute atomic E-state index is 0.0927. The Hall–Kier alpha value is -0.470. The van der Waals surface area contributed by atoms with Gasteiger partial charge in [0.15, 0.2) is 0 Å². The van der Waals surface area contributed by atoms with Crippen molar-refractivity contribution in [3.8, 4) is 0 Å². The van der Waals surface area contributed by atoms with Crippen molar-refractivity contribution in [3.05, 3.63) is 26.6 Å². The second-order valence-corrected chi connectivity index (χ2v) is 3.88. The first-order valence-corrected chi connectivity index (χ1v) is 4.83. The van der Waals surface area contributed by atoms with Crippen LogP contribution in [0.25, 0.3) is 0 Å². The van der Waals surface area contributed by atoms with E-state index in [2.05, 4.69) is 4.98 Å². The summed E-state index contributed by atoms with van der Waals surface area (Å²) in [4.78, 5) is 3.02. The fourth-order valence-corrected chi connectivity index (χ4v) is 1.68. The van der Waals surface area contributed by atoms with E-state index in [0.29, 0.717) is 6.20 Å². The minimum Gasteiger partial charge on any atom is -0.251 e. The lowest BCUT2D eigenvalue weighted by atomic mass is 10.1. The summed E-state index contributed by atoms with van der Waals surface area (Å²) in [5, 5.41) is 0. The van der Waals surface area contributed by atoms with Gasteiger partial charge in [0.25, 0.3) is 6.43 Å². The number of aromatic nitrogens is 1. The predicted molar refractivity (Wildman–Crippen MR) is 51.7 cm³/mol. The van der Waals surface area contributed by atoms with Crippen LogP contribution in [0.3, 0.4) is 0 Å². The predicted octanol–water partition coefficient (Wildman–Crippen LogP) is 3.95. The quantitative estimate of drug-likeness (QED) is 0.559. The molecule has 0 aromatic carbocycles. The van der Waals surface area contributed by atoms with Gasteiger partial charge in [0.05, 0.1) is 0 Å². The fraction of sp³-hybridized carbons (Fsp3) is 0.375. The van der Waals surface area contributed by atoms with Crippen LogP contribution in [0.4, 0.5) is 22.0 Å². The molecule has 1 heterocycles. The van der Waals surface area contributed by atoms with Crippen LogP contribution in [-0.2, 0) is 6.18 Å². The topological polar surface area (TPSA) is 12.9 Å². The van der Waals surface area contributed by atoms with Crippen molar-refractivity contribution in [2.24, 2.45) is 0 Å². The Kier molecular flexibility index (Phi) is 3.51. The second kappa shape index (κ2) is 4.18. The number of halogens is 6. The van der Waals surface area contributed by atoms with Crippen molar-refractivity contribution in [1.82, 2.24) is 4.98 Å². The minimum atomic E-state index is -4.61. The van der Waals surface area contributed by atoms with Gasteiger partial charge in [-0.05, 0) is 35.1 Å². The zero-order chi connectivity index (χ0) is 11.8. The molecule has 0 aliphatic heterocycles. The number of pyridine rings is 1. The SMILES string of the molecule is Cc1c(C(F)(F)F)ncc(C(F)F)c1I. The van der Waals surface area contributed by atoms with Gasteiger partial charge in [0.1, 0.15) is 5.69 Å². The summed E-state index contributed by atoms with van der Waals surface area (Å²) in [6, 6.07) is 0. The van der Waals surface area contributed by atoms with Gasteiger partial charge in [-0.15, -0.1) is 0 Å². The molecule has 1 rings (SSSR count). The zero-order valence-electron chi connectivity index (χ0n) is 7.37. The largest absolute Gasteiger partial charge is 0.433 e. The van der Waals surface area contributed by atoms with Crippen molar-refractivity contribution in [3.63, 3.8) is 0 Å². The van der Waals surface area contributed by atoms with Crippen molar-refractivity contribution in [1.29, 1.82) is 0 Å². The third-order valence-corrected chi connectivity index (χ3v) is 3.21. The Morgan fingerprint density at radius 2 is 1.87 bits per heavy atom. The summed E-state index contributed by atoms with van der Waals surface area (Å²) in [5.74, 6) is 0. The van der Waals surface area contributed by atoms with Gasteiger partial charge < -0.3 is 0 Å². The van der Waals surface area contributed by atoms with Crippen LogP contribution >= 0.6 is 22.6 Å². The van der Waals surface area contributed by atoms with Crippen LogP contribution in [-0.4, -0.2) is 4.98 Å². The van der Waals surface area contributed by atoms with Crippen LogP contribution in [0, 0.1) is 10.5 Å². The van der Waals surface area contributed by atoms with E-state index in [9.17, 15) is 22.0 Å². The molecule has 0 bridgehead atoms. The molecular formula is C8H5F5IN. The molecule has 0 saturated heterocycles. The number of nitrogens with zero attached hydrogens (tertiary/aromatic N) is 1. The molecule has 84 valence electrons. The van der Waals surface area contributed by atoms with E-state index >= 15 is 0 Å². The molecule has 7 heteroatoms. The van der Waals surface area contributed by atoms with Gasteiger partial charge in [-0.3, -0.25) is 4.98 Å². The molecule has 1 nitrogen and oxygen atoms in total. The Labute approximate surface area is 95.8 Å². The third-order valence-electron chi connectivity index (χ3n) is 1.77. The maximum absolute atomic E-state index is 12.3. The molecule has 0 fully saturated rings. The normalized spacial score (nSPS) is 12.3. The fourth-order valence-electron chi connectivity index (χ4n) is 1.05. The average Bonchev–Trinajstić information content (AvgIpc) is 2.06. The Balaban J connectivity index is 3.34. The highest BCUT2D eigenvalue weighted by Gasteiger charge is 2.35. The molecular weight excluding hydrogens is 332 g/mol. The average molecular weight is 337 g/mol. The summed E-state index contributed by atoms with van der Waals surface area (Å²) in [7, 11) is 0. The van der Waals surface area contributed by atoms with Crippen molar-refractivity contribution < 1.29 is 22.0 Å². The van der Waals surface area contributed by atoms with Crippen LogP contribution in [0.1, 0.15) is 23.2 Å². The standard InChI is InChI=1S/C8H5F5IN/c1-3-5(14)4(7(9)10)2-15-6(3)8(11,12)13/h2,7H,1H3. The highest BCUT2D eigenvalue weighted by atomic mass is 127. The number of rotatable bonds is 1. The van der Waals surface area contributed by atoms with E-state index in [0.717, 1.165) is 6.92 Å². The van der Waals surface area contributed by atoms with Crippen LogP contribution in [0.2, 0.25) is 0 Å². The monoisotopic (exact) mass is 337 g/mol. The lowest BCUT2D eigenvalue weighted by Crippen LogP contribution is -2.12.